The third-order valence-corrected chi connectivity index (χ3v) is 4.62. The topological polar surface area (TPSA) is 52.5 Å². The number of rotatable bonds is 4. The molecule has 5 heteroatoms. The molecule has 0 aliphatic carbocycles. The summed E-state index contributed by atoms with van der Waals surface area (Å²) in [6, 6.07) is 12.1. The summed E-state index contributed by atoms with van der Waals surface area (Å²) in [4.78, 5) is 4.84. The first-order valence-electron chi connectivity index (χ1n) is 8.54. The minimum absolute atomic E-state index is 0.0554. The molecular formula is C20H21N3O2. The van der Waals surface area contributed by atoms with Crippen LogP contribution in [0.4, 0.5) is 5.82 Å². The highest BCUT2D eigenvalue weighted by atomic mass is 16.5. The van der Waals surface area contributed by atoms with Crippen molar-refractivity contribution in [2.45, 2.75) is 32.7 Å². The predicted octanol–water partition coefficient (Wildman–Crippen LogP) is 4.80. The molecule has 0 amide bonds. The van der Waals surface area contributed by atoms with Crippen molar-refractivity contribution in [3.05, 3.63) is 54.1 Å². The lowest BCUT2D eigenvalue weighted by Gasteiger charge is -2.21. The molecule has 0 saturated heterocycles. The second-order valence-corrected chi connectivity index (χ2v) is 6.25. The van der Waals surface area contributed by atoms with Crippen LogP contribution < -0.4 is 4.74 Å². The lowest BCUT2D eigenvalue weighted by Crippen LogP contribution is -2.18. The number of ether oxygens (including phenoxy) is 1. The Bertz CT molecular complexity index is 905. The van der Waals surface area contributed by atoms with Gasteiger partial charge in [-0.15, -0.1) is 0 Å². The fraction of sp³-hybridized carbons (Fsp3) is 0.300. The van der Waals surface area contributed by atoms with Gasteiger partial charge < -0.3 is 9.15 Å². The first kappa shape index (κ1) is 15.7. The number of aliphatic imine (C=N–C) groups is 1. The van der Waals surface area contributed by atoms with E-state index in [1.165, 1.54) is 0 Å². The summed E-state index contributed by atoms with van der Waals surface area (Å²) in [5.41, 5.74) is 4.35. The van der Waals surface area contributed by atoms with Gasteiger partial charge in [0.15, 0.2) is 5.82 Å². The number of hydrogen-bond donors (Lipinski definition) is 0. The molecule has 0 radical (unpaired) electrons. The van der Waals surface area contributed by atoms with Gasteiger partial charge in [-0.05, 0) is 43.2 Å². The molecule has 25 heavy (non-hydrogen) atoms. The van der Waals surface area contributed by atoms with E-state index in [0.29, 0.717) is 0 Å². The van der Waals surface area contributed by atoms with E-state index < -0.39 is 0 Å². The molecule has 1 aliphatic rings. The number of aryl methyl sites for hydroxylation is 1. The summed E-state index contributed by atoms with van der Waals surface area (Å²) in [5, 5.41) is 4.88. The molecule has 1 aromatic carbocycles. The van der Waals surface area contributed by atoms with Crippen LogP contribution in [0.3, 0.4) is 0 Å². The third kappa shape index (κ3) is 2.65. The van der Waals surface area contributed by atoms with Gasteiger partial charge in [-0.2, -0.15) is 5.10 Å². The molecule has 0 spiro atoms. The van der Waals surface area contributed by atoms with Gasteiger partial charge in [0.25, 0.3) is 0 Å². The zero-order valence-electron chi connectivity index (χ0n) is 14.7. The highest BCUT2D eigenvalue weighted by molar-refractivity contribution is 5.90. The first-order chi connectivity index (χ1) is 12.2. The maximum atomic E-state index is 5.66. The minimum Gasteiger partial charge on any atom is -0.497 e. The smallest absolute Gasteiger partial charge is 0.159 e. The van der Waals surface area contributed by atoms with Crippen LogP contribution in [0.25, 0.3) is 11.1 Å². The summed E-state index contributed by atoms with van der Waals surface area (Å²) in [5.74, 6) is 2.67. The molecule has 3 aromatic rings. The lowest BCUT2D eigenvalue weighted by atomic mass is 10.0. The van der Waals surface area contributed by atoms with Crippen LogP contribution in [0.1, 0.15) is 37.8 Å². The second kappa shape index (κ2) is 6.24. The predicted molar refractivity (Wildman–Crippen MR) is 97.8 cm³/mol. The van der Waals surface area contributed by atoms with E-state index in [1.54, 1.807) is 13.4 Å². The van der Waals surface area contributed by atoms with Crippen LogP contribution in [-0.2, 0) is 6.42 Å². The van der Waals surface area contributed by atoms with E-state index in [9.17, 15) is 0 Å². The van der Waals surface area contributed by atoms with Gasteiger partial charge in [-0.25, -0.2) is 9.67 Å². The van der Waals surface area contributed by atoms with Crippen molar-refractivity contribution in [3.8, 4) is 16.9 Å². The Labute approximate surface area is 147 Å². The molecular weight excluding hydrogens is 314 g/mol. The van der Waals surface area contributed by atoms with E-state index in [-0.39, 0.29) is 6.04 Å². The lowest BCUT2D eigenvalue weighted by molar-refractivity contribution is 0.408. The number of hydrogen-bond acceptors (Lipinski definition) is 4. The molecule has 0 saturated carbocycles. The van der Waals surface area contributed by atoms with E-state index in [1.807, 2.05) is 28.9 Å². The van der Waals surface area contributed by atoms with E-state index in [4.69, 9.17) is 19.2 Å². The van der Waals surface area contributed by atoms with Crippen LogP contribution >= 0.6 is 0 Å². The Kier molecular flexibility index (Phi) is 3.92. The second-order valence-electron chi connectivity index (χ2n) is 6.25. The Balaban J connectivity index is 1.88. The average Bonchev–Trinajstić information content (AvgIpc) is 3.28. The molecule has 1 aliphatic heterocycles. The van der Waals surface area contributed by atoms with E-state index in [2.05, 4.69) is 26.0 Å². The number of nitrogens with zero attached hydrogens (tertiary/aromatic N) is 3. The number of benzene rings is 1. The highest BCUT2D eigenvalue weighted by Gasteiger charge is 2.29. The zero-order chi connectivity index (χ0) is 17.4. The van der Waals surface area contributed by atoms with Crippen LogP contribution in [0.2, 0.25) is 0 Å². The molecule has 0 bridgehead atoms. The van der Waals surface area contributed by atoms with Crippen molar-refractivity contribution >= 4 is 11.5 Å². The molecule has 128 valence electrons. The monoisotopic (exact) mass is 335 g/mol. The van der Waals surface area contributed by atoms with Gasteiger partial charge in [0.1, 0.15) is 17.6 Å². The van der Waals surface area contributed by atoms with Crippen LogP contribution in [0.5, 0.6) is 5.75 Å². The highest BCUT2D eigenvalue weighted by Crippen LogP contribution is 2.41. The van der Waals surface area contributed by atoms with Crippen LogP contribution in [-0.4, -0.2) is 22.6 Å². The normalized spacial score (nSPS) is 16.4. The summed E-state index contributed by atoms with van der Waals surface area (Å²) in [6.07, 6.45) is 3.37. The van der Waals surface area contributed by atoms with Crippen molar-refractivity contribution in [1.82, 2.24) is 9.78 Å². The number of methoxy groups -OCH3 is 1. The maximum absolute atomic E-state index is 5.66. The van der Waals surface area contributed by atoms with Gasteiger partial charge in [0.2, 0.25) is 0 Å². The quantitative estimate of drug-likeness (QED) is 0.688. The average molecular weight is 335 g/mol. The van der Waals surface area contributed by atoms with Crippen molar-refractivity contribution in [2.75, 3.05) is 7.11 Å². The van der Waals surface area contributed by atoms with Crippen molar-refractivity contribution < 1.29 is 9.15 Å². The minimum atomic E-state index is 0.0554. The van der Waals surface area contributed by atoms with Gasteiger partial charge >= 0.3 is 0 Å². The van der Waals surface area contributed by atoms with Crippen molar-refractivity contribution in [3.63, 3.8) is 0 Å². The van der Waals surface area contributed by atoms with Gasteiger partial charge in [0, 0.05) is 17.7 Å². The Morgan fingerprint density at radius 1 is 1.24 bits per heavy atom. The fourth-order valence-electron chi connectivity index (χ4n) is 3.39. The Morgan fingerprint density at radius 2 is 2.04 bits per heavy atom. The van der Waals surface area contributed by atoms with Gasteiger partial charge in [-0.1, -0.05) is 19.1 Å². The SMILES string of the molecule is CCc1nn2c(c1-c1ccc(OC)cc1)N=C(C)CC2c1ccco1. The molecule has 2 aromatic heterocycles. The first-order valence-corrected chi connectivity index (χ1v) is 8.54. The summed E-state index contributed by atoms with van der Waals surface area (Å²) < 4.78 is 13.0. The summed E-state index contributed by atoms with van der Waals surface area (Å²) in [6.45, 7) is 4.19. The third-order valence-electron chi connectivity index (χ3n) is 4.62. The molecule has 3 heterocycles. The summed E-state index contributed by atoms with van der Waals surface area (Å²) >= 11 is 0. The van der Waals surface area contributed by atoms with Crippen molar-refractivity contribution in [1.29, 1.82) is 0 Å². The molecule has 5 nitrogen and oxygen atoms in total. The number of furan rings is 1. The molecule has 0 N–H and O–H groups in total. The molecule has 0 fully saturated rings. The Morgan fingerprint density at radius 3 is 2.68 bits per heavy atom. The maximum Gasteiger partial charge on any atom is 0.159 e. The standard InChI is InChI=1S/C20H21N3O2/c1-4-16-19(14-7-9-15(24-3)10-8-14)20-21-13(2)12-17(23(20)22-16)18-6-5-11-25-18/h5-11,17H,4,12H2,1-3H3. The van der Waals surface area contributed by atoms with Gasteiger partial charge in [0.05, 0.1) is 19.1 Å². The largest absolute Gasteiger partial charge is 0.497 e. The zero-order valence-corrected chi connectivity index (χ0v) is 14.7. The Hall–Kier alpha value is -2.82. The molecule has 4 rings (SSSR count). The molecule has 1 atom stereocenters. The molecule has 1 unspecified atom stereocenters. The van der Waals surface area contributed by atoms with E-state index in [0.717, 1.165) is 52.7 Å². The number of aromatic nitrogens is 2. The van der Waals surface area contributed by atoms with Crippen LogP contribution in [0, 0.1) is 0 Å². The van der Waals surface area contributed by atoms with Crippen LogP contribution in [0.15, 0.2) is 52.1 Å². The number of fused-ring (bicyclic) bond motifs is 1. The van der Waals surface area contributed by atoms with Crippen molar-refractivity contribution in [2.24, 2.45) is 4.99 Å². The summed E-state index contributed by atoms with van der Waals surface area (Å²) in [7, 11) is 1.68. The fourth-order valence-corrected chi connectivity index (χ4v) is 3.39. The van der Waals surface area contributed by atoms with Gasteiger partial charge in [-0.3, -0.25) is 0 Å². The van der Waals surface area contributed by atoms with E-state index >= 15 is 0 Å².